The van der Waals surface area contributed by atoms with E-state index in [4.69, 9.17) is 5.73 Å². The van der Waals surface area contributed by atoms with Crippen LogP contribution in [0.25, 0.3) is 0 Å². The molecule has 16 heavy (non-hydrogen) atoms. The number of nitrogens with one attached hydrogen (secondary N) is 1. The van der Waals surface area contributed by atoms with Crippen molar-refractivity contribution in [1.82, 2.24) is 4.98 Å². The molecule has 0 amide bonds. The number of nitrogens with two attached hydrogens (primary N) is 1. The second-order valence-electron chi connectivity index (χ2n) is 4.74. The highest BCUT2D eigenvalue weighted by Crippen LogP contribution is 2.21. The van der Waals surface area contributed by atoms with Crippen molar-refractivity contribution in [2.24, 2.45) is 5.73 Å². The zero-order chi connectivity index (χ0) is 11.4. The Kier molecular flexibility index (Phi) is 3.78. The summed E-state index contributed by atoms with van der Waals surface area (Å²) in [6.45, 7) is 2.08. The van der Waals surface area contributed by atoms with Gasteiger partial charge in [0.25, 0.3) is 0 Å². The molecule has 0 bridgehead atoms. The van der Waals surface area contributed by atoms with E-state index in [1.807, 2.05) is 18.5 Å². The zero-order valence-electron chi connectivity index (χ0n) is 9.95. The molecule has 3 N–H and O–H groups in total. The van der Waals surface area contributed by atoms with E-state index in [0.717, 1.165) is 6.42 Å². The second-order valence-corrected chi connectivity index (χ2v) is 4.74. The van der Waals surface area contributed by atoms with Crippen molar-refractivity contribution < 1.29 is 0 Å². The minimum Gasteiger partial charge on any atom is -0.380 e. The van der Waals surface area contributed by atoms with E-state index in [9.17, 15) is 0 Å². The quantitative estimate of drug-likeness (QED) is 0.751. The van der Waals surface area contributed by atoms with Crippen LogP contribution in [0.1, 0.15) is 37.7 Å². The van der Waals surface area contributed by atoms with Crippen molar-refractivity contribution in [2.45, 2.75) is 51.1 Å². The molecule has 3 nitrogen and oxygen atoms in total. The van der Waals surface area contributed by atoms with Gasteiger partial charge in [-0.05, 0) is 31.4 Å². The standard InChI is InChI=1S/C13H21N3/c1-10-9-15-8-7-12(10)16-13-6-4-2-3-5-11(13)14/h7-9,11,13H,2-6,14H2,1H3,(H,15,16). The molecule has 2 atom stereocenters. The minimum atomic E-state index is 0.287. The first-order valence-corrected chi connectivity index (χ1v) is 6.20. The Morgan fingerprint density at radius 3 is 2.94 bits per heavy atom. The van der Waals surface area contributed by atoms with Crippen molar-refractivity contribution in [3.05, 3.63) is 24.0 Å². The first-order valence-electron chi connectivity index (χ1n) is 6.20. The first-order chi connectivity index (χ1) is 7.77. The van der Waals surface area contributed by atoms with Crippen molar-refractivity contribution >= 4 is 5.69 Å². The molecule has 0 saturated heterocycles. The van der Waals surface area contributed by atoms with Crippen LogP contribution in [0.2, 0.25) is 0 Å². The number of nitrogens with zero attached hydrogens (tertiary/aromatic N) is 1. The highest BCUT2D eigenvalue weighted by atomic mass is 15.0. The fraction of sp³-hybridized carbons (Fsp3) is 0.615. The summed E-state index contributed by atoms with van der Waals surface area (Å²) in [5.74, 6) is 0. The van der Waals surface area contributed by atoms with E-state index >= 15 is 0 Å². The molecule has 0 aliphatic heterocycles. The number of aryl methyl sites for hydroxylation is 1. The maximum absolute atomic E-state index is 6.20. The van der Waals surface area contributed by atoms with Gasteiger partial charge in [0.1, 0.15) is 0 Å². The lowest BCUT2D eigenvalue weighted by Gasteiger charge is -2.24. The van der Waals surface area contributed by atoms with Crippen LogP contribution < -0.4 is 11.1 Å². The molecular weight excluding hydrogens is 198 g/mol. The number of anilines is 1. The monoisotopic (exact) mass is 219 g/mol. The van der Waals surface area contributed by atoms with E-state index in [2.05, 4.69) is 17.2 Å². The number of pyridine rings is 1. The zero-order valence-corrected chi connectivity index (χ0v) is 9.95. The van der Waals surface area contributed by atoms with Crippen LogP contribution in [-0.2, 0) is 0 Å². The average Bonchev–Trinajstić information content (AvgIpc) is 2.48. The average molecular weight is 219 g/mol. The van der Waals surface area contributed by atoms with E-state index in [-0.39, 0.29) is 6.04 Å². The molecule has 3 heteroatoms. The third kappa shape index (κ3) is 2.73. The Morgan fingerprint density at radius 2 is 2.12 bits per heavy atom. The van der Waals surface area contributed by atoms with Gasteiger partial charge in [0.15, 0.2) is 0 Å². The van der Waals surface area contributed by atoms with Gasteiger partial charge in [-0.3, -0.25) is 4.98 Å². The molecule has 0 spiro atoms. The summed E-state index contributed by atoms with van der Waals surface area (Å²) in [7, 11) is 0. The molecular formula is C13H21N3. The van der Waals surface area contributed by atoms with Crippen molar-refractivity contribution in [3.63, 3.8) is 0 Å². The molecule has 88 valence electrons. The van der Waals surface area contributed by atoms with Gasteiger partial charge in [0, 0.05) is 30.2 Å². The molecule has 1 aliphatic carbocycles. The summed E-state index contributed by atoms with van der Waals surface area (Å²) < 4.78 is 0. The van der Waals surface area contributed by atoms with Crippen LogP contribution >= 0.6 is 0 Å². The van der Waals surface area contributed by atoms with E-state index in [0.29, 0.717) is 6.04 Å². The van der Waals surface area contributed by atoms with Crippen LogP contribution in [0.5, 0.6) is 0 Å². The van der Waals surface area contributed by atoms with Crippen LogP contribution in [0, 0.1) is 6.92 Å². The summed E-state index contributed by atoms with van der Waals surface area (Å²) in [4.78, 5) is 4.10. The first kappa shape index (κ1) is 11.4. The summed E-state index contributed by atoms with van der Waals surface area (Å²) in [6, 6.07) is 2.74. The lowest BCUT2D eigenvalue weighted by Crippen LogP contribution is -2.39. The highest BCUT2D eigenvalue weighted by molar-refractivity contribution is 5.49. The molecule has 1 saturated carbocycles. The predicted octanol–water partition coefficient (Wildman–Crippen LogP) is 2.46. The molecule has 2 rings (SSSR count). The fourth-order valence-electron chi connectivity index (χ4n) is 2.35. The van der Waals surface area contributed by atoms with Gasteiger partial charge in [0.05, 0.1) is 0 Å². The maximum Gasteiger partial charge on any atom is 0.0412 e. The molecule has 1 fully saturated rings. The third-order valence-electron chi connectivity index (χ3n) is 3.43. The van der Waals surface area contributed by atoms with Gasteiger partial charge in [-0.15, -0.1) is 0 Å². The third-order valence-corrected chi connectivity index (χ3v) is 3.43. The predicted molar refractivity (Wildman–Crippen MR) is 67.4 cm³/mol. The topological polar surface area (TPSA) is 50.9 Å². The number of aromatic nitrogens is 1. The summed E-state index contributed by atoms with van der Waals surface area (Å²) in [5, 5.41) is 3.57. The Morgan fingerprint density at radius 1 is 1.31 bits per heavy atom. The van der Waals surface area contributed by atoms with Gasteiger partial charge in [0.2, 0.25) is 0 Å². The SMILES string of the molecule is Cc1cnccc1NC1CCCCCC1N. The van der Waals surface area contributed by atoms with Gasteiger partial charge in [-0.1, -0.05) is 19.3 Å². The highest BCUT2D eigenvalue weighted by Gasteiger charge is 2.20. The molecule has 1 aliphatic rings. The van der Waals surface area contributed by atoms with Crippen molar-refractivity contribution in [2.75, 3.05) is 5.32 Å². The van der Waals surface area contributed by atoms with E-state index in [1.165, 1.54) is 36.9 Å². The van der Waals surface area contributed by atoms with Crippen LogP contribution in [0.15, 0.2) is 18.5 Å². The van der Waals surface area contributed by atoms with Gasteiger partial charge in [-0.25, -0.2) is 0 Å². The Labute approximate surface area is 97.5 Å². The van der Waals surface area contributed by atoms with Gasteiger partial charge >= 0.3 is 0 Å². The normalized spacial score (nSPS) is 26.1. The number of hydrogen-bond donors (Lipinski definition) is 2. The Bertz CT molecular complexity index is 338. The summed E-state index contributed by atoms with van der Waals surface area (Å²) in [5.41, 5.74) is 8.57. The molecule has 0 radical (unpaired) electrons. The fourth-order valence-corrected chi connectivity index (χ4v) is 2.35. The number of hydrogen-bond acceptors (Lipinski definition) is 3. The molecule has 1 aromatic heterocycles. The molecule has 2 unspecified atom stereocenters. The van der Waals surface area contributed by atoms with Crippen molar-refractivity contribution in [1.29, 1.82) is 0 Å². The maximum atomic E-state index is 6.20. The second kappa shape index (κ2) is 5.30. The largest absolute Gasteiger partial charge is 0.380 e. The van der Waals surface area contributed by atoms with Crippen LogP contribution in [-0.4, -0.2) is 17.1 Å². The van der Waals surface area contributed by atoms with Crippen LogP contribution in [0.3, 0.4) is 0 Å². The Balaban J connectivity index is 2.05. The van der Waals surface area contributed by atoms with Gasteiger partial charge < -0.3 is 11.1 Å². The van der Waals surface area contributed by atoms with E-state index in [1.54, 1.807) is 0 Å². The Hall–Kier alpha value is -1.09. The summed E-state index contributed by atoms with van der Waals surface area (Å²) in [6.07, 6.45) is 9.93. The minimum absolute atomic E-state index is 0.287. The lowest BCUT2D eigenvalue weighted by molar-refractivity contribution is 0.528. The number of rotatable bonds is 2. The molecule has 0 aromatic carbocycles. The molecule has 1 heterocycles. The smallest absolute Gasteiger partial charge is 0.0412 e. The van der Waals surface area contributed by atoms with Gasteiger partial charge in [-0.2, -0.15) is 0 Å². The lowest BCUT2D eigenvalue weighted by atomic mass is 10.0. The molecule has 1 aromatic rings. The van der Waals surface area contributed by atoms with Crippen molar-refractivity contribution in [3.8, 4) is 0 Å². The van der Waals surface area contributed by atoms with E-state index < -0.39 is 0 Å². The summed E-state index contributed by atoms with van der Waals surface area (Å²) >= 11 is 0. The van der Waals surface area contributed by atoms with Crippen LogP contribution in [0.4, 0.5) is 5.69 Å².